The van der Waals surface area contributed by atoms with Crippen LogP contribution in [0.4, 0.5) is 0 Å². The molecule has 0 bridgehead atoms. The van der Waals surface area contributed by atoms with Crippen LogP contribution in [0.2, 0.25) is 0 Å². The second-order valence-corrected chi connectivity index (χ2v) is 9.03. The Labute approximate surface area is 201 Å². The first-order valence-corrected chi connectivity index (χ1v) is 12.4. The highest BCUT2D eigenvalue weighted by molar-refractivity contribution is 5.99. The maximum absolute atomic E-state index is 14.0. The molecule has 1 aliphatic heterocycles. The largest absolute Gasteiger partial charge is 0.451 e. The fourth-order valence-electron chi connectivity index (χ4n) is 4.81. The smallest absolute Gasteiger partial charge is 0.290 e. The maximum atomic E-state index is 14.0. The van der Waals surface area contributed by atoms with Gasteiger partial charge in [-0.2, -0.15) is 0 Å². The van der Waals surface area contributed by atoms with Crippen molar-refractivity contribution in [2.24, 2.45) is 0 Å². The number of amides is 2. The van der Waals surface area contributed by atoms with E-state index in [0.29, 0.717) is 24.4 Å². The predicted molar refractivity (Wildman–Crippen MR) is 135 cm³/mol. The molecule has 0 spiro atoms. The molecule has 6 nitrogen and oxygen atoms in total. The molecule has 1 N–H and O–H groups in total. The molecule has 1 fully saturated rings. The van der Waals surface area contributed by atoms with E-state index >= 15 is 0 Å². The molecule has 34 heavy (non-hydrogen) atoms. The molecule has 0 saturated carbocycles. The fraction of sp³-hybridized carbons (Fsp3) is 0.429. The summed E-state index contributed by atoms with van der Waals surface area (Å²) in [6, 6.07) is 17.3. The number of hydrogen-bond donors (Lipinski definition) is 1. The minimum Gasteiger partial charge on any atom is -0.451 e. The van der Waals surface area contributed by atoms with Crippen molar-refractivity contribution in [3.05, 3.63) is 71.5 Å². The molecule has 0 aliphatic carbocycles. The summed E-state index contributed by atoms with van der Waals surface area (Å²) >= 11 is 0. The van der Waals surface area contributed by atoms with Crippen LogP contribution in [0, 0.1) is 6.92 Å². The van der Waals surface area contributed by atoms with Gasteiger partial charge in [0.25, 0.3) is 5.91 Å². The summed E-state index contributed by atoms with van der Waals surface area (Å²) in [6.45, 7) is 8.27. The molecule has 180 valence electrons. The summed E-state index contributed by atoms with van der Waals surface area (Å²) in [6.07, 6.45) is 3.02. The number of carbonyl (C=O) groups excluding carboxylic acids is 2. The molecule has 1 aromatic heterocycles. The predicted octanol–water partition coefficient (Wildman–Crippen LogP) is 4.94. The lowest BCUT2D eigenvalue weighted by Crippen LogP contribution is -2.39. The number of benzene rings is 2. The van der Waals surface area contributed by atoms with E-state index in [0.717, 1.165) is 55.4 Å². The van der Waals surface area contributed by atoms with Gasteiger partial charge in [-0.1, -0.05) is 55.5 Å². The second-order valence-electron chi connectivity index (χ2n) is 9.03. The number of rotatable bonds is 3. The summed E-state index contributed by atoms with van der Waals surface area (Å²) in [7, 11) is 0. The Hall–Kier alpha value is -3.12. The Bertz CT molecular complexity index is 1110. The highest BCUT2D eigenvalue weighted by Gasteiger charge is 2.31. The molecular weight excluding hydrogens is 426 g/mol. The first kappa shape index (κ1) is 24.0. The molecular formula is C28H35N3O3. The van der Waals surface area contributed by atoms with Gasteiger partial charge in [0.1, 0.15) is 5.58 Å². The lowest BCUT2D eigenvalue weighted by atomic mass is 10.00. The molecule has 1 atom stereocenters. The Balaban J connectivity index is 1.70. The first-order chi connectivity index (χ1) is 16.6. The number of nitrogens with one attached hydrogen (secondary N) is 1. The minimum absolute atomic E-state index is 0.0322. The summed E-state index contributed by atoms with van der Waals surface area (Å²) in [5, 5.41) is 4.02. The zero-order chi connectivity index (χ0) is 23.9. The zero-order valence-corrected chi connectivity index (χ0v) is 20.3. The molecule has 3 aromatic rings. The van der Waals surface area contributed by atoms with Crippen LogP contribution in [0.5, 0.6) is 0 Å². The quantitative estimate of drug-likeness (QED) is 0.600. The van der Waals surface area contributed by atoms with Gasteiger partial charge < -0.3 is 19.5 Å². The van der Waals surface area contributed by atoms with E-state index in [1.165, 1.54) is 0 Å². The van der Waals surface area contributed by atoms with E-state index in [9.17, 15) is 9.59 Å². The van der Waals surface area contributed by atoms with Crippen LogP contribution in [0.1, 0.15) is 60.3 Å². The monoisotopic (exact) mass is 461 g/mol. The van der Waals surface area contributed by atoms with Gasteiger partial charge in [-0.15, -0.1) is 0 Å². The molecule has 1 saturated heterocycles. The van der Waals surface area contributed by atoms with E-state index in [1.807, 2.05) is 66.4 Å². The molecule has 1 aliphatic rings. The van der Waals surface area contributed by atoms with Gasteiger partial charge in [0.15, 0.2) is 5.76 Å². The third-order valence-electron chi connectivity index (χ3n) is 6.78. The van der Waals surface area contributed by atoms with Gasteiger partial charge in [-0.05, 0) is 57.5 Å². The van der Waals surface area contributed by atoms with Crippen molar-refractivity contribution in [3.8, 4) is 0 Å². The van der Waals surface area contributed by atoms with Crippen molar-refractivity contribution in [2.75, 3.05) is 32.7 Å². The van der Waals surface area contributed by atoms with Crippen LogP contribution in [-0.4, -0.2) is 54.3 Å². The van der Waals surface area contributed by atoms with Gasteiger partial charge in [-0.3, -0.25) is 9.59 Å². The fourth-order valence-corrected chi connectivity index (χ4v) is 4.81. The third-order valence-corrected chi connectivity index (χ3v) is 6.78. The van der Waals surface area contributed by atoms with Crippen molar-refractivity contribution in [2.45, 2.75) is 45.6 Å². The number of fused-ring (bicyclic) bond motifs is 1. The van der Waals surface area contributed by atoms with Crippen LogP contribution in [0.25, 0.3) is 11.0 Å². The molecule has 4 rings (SSSR count). The van der Waals surface area contributed by atoms with E-state index in [-0.39, 0.29) is 24.3 Å². The van der Waals surface area contributed by atoms with Gasteiger partial charge in [0.05, 0.1) is 12.5 Å². The second kappa shape index (κ2) is 11.3. The molecule has 2 heterocycles. The van der Waals surface area contributed by atoms with Crippen LogP contribution in [0.3, 0.4) is 0 Å². The molecule has 1 unspecified atom stereocenters. The number of aryl methyl sites for hydroxylation is 1. The van der Waals surface area contributed by atoms with E-state index < -0.39 is 0 Å². The normalized spacial score (nSPS) is 19.2. The summed E-state index contributed by atoms with van der Waals surface area (Å²) in [4.78, 5) is 31.2. The topological polar surface area (TPSA) is 65.8 Å². The van der Waals surface area contributed by atoms with Crippen molar-refractivity contribution in [1.29, 1.82) is 0 Å². The van der Waals surface area contributed by atoms with Gasteiger partial charge in [-0.25, -0.2) is 0 Å². The lowest BCUT2D eigenvalue weighted by Gasteiger charge is -2.32. The Morgan fingerprint density at radius 1 is 1.00 bits per heavy atom. The Kier molecular flexibility index (Phi) is 8.01. The van der Waals surface area contributed by atoms with Crippen LogP contribution in [0.15, 0.2) is 59.0 Å². The summed E-state index contributed by atoms with van der Waals surface area (Å²) in [5.41, 5.74) is 2.52. The number of carbonyl (C=O) groups is 2. The average molecular weight is 462 g/mol. The molecule has 2 amide bonds. The lowest BCUT2D eigenvalue weighted by molar-refractivity contribution is -0.122. The summed E-state index contributed by atoms with van der Waals surface area (Å²) in [5.74, 6) is 0.176. The highest BCUT2D eigenvalue weighted by atomic mass is 16.3. The molecule has 6 heteroatoms. The van der Waals surface area contributed by atoms with Crippen molar-refractivity contribution >= 4 is 22.8 Å². The van der Waals surface area contributed by atoms with Crippen LogP contribution < -0.4 is 5.32 Å². The van der Waals surface area contributed by atoms with E-state index in [2.05, 4.69) is 17.1 Å². The minimum atomic E-state index is -0.357. The van der Waals surface area contributed by atoms with Crippen LogP contribution in [-0.2, 0) is 4.79 Å². The Morgan fingerprint density at radius 2 is 1.71 bits per heavy atom. The van der Waals surface area contributed by atoms with Crippen molar-refractivity contribution < 1.29 is 14.0 Å². The van der Waals surface area contributed by atoms with E-state index in [1.54, 1.807) is 0 Å². The van der Waals surface area contributed by atoms with Crippen molar-refractivity contribution in [3.63, 3.8) is 0 Å². The van der Waals surface area contributed by atoms with Crippen molar-refractivity contribution in [1.82, 2.24) is 15.1 Å². The maximum Gasteiger partial charge on any atom is 0.290 e. The number of hydrogen-bond acceptors (Lipinski definition) is 4. The third kappa shape index (κ3) is 5.50. The number of nitrogens with zero attached hydrogens (tertiary/aromatic N) is 2. The molecule has 0 radical (unpaired) electrons. The van der Waals surface area contributed by atoms with Gasteiger partial charge >= 0.3 is 0 Å². The van der Waals surface area contributed by atoms with Gasteiger partial charge in [0.2, 0.25) is 5.91 Å². The summed E-state index contributed by atoms with van der Waals surface area (Å²) < 4.78 is 6.05. The standard InChI is InChI=1S/C28H35N3O3/c1-3-30-17-9-10-19-31(28(33)27-21(2)23-14-7-8-15-25(23)34-27)24(22-12-5-4-6-13-22)20-26(32)29-16-11-18-30/h4-8,12-15,24H,3,9-11,16-20H2,1-2H3,(H,29,32). The zero-order valence-electron chi connectivity index (χ0n) is 20.3. The van der Waals surface area contributed by atoms with Crippen LogP contribution >= 0.6 is 0 Å². The number of para-hydroxylation sites is 1. The Morgan fingerprint density at radius 3 is 2.47 bits per heavy atom. The highest BCUT2D eigenvalue weighted by Crippen LogP contribution is 2.31. The number of furan rings is 1. The SMILES string of the molecule is CCN1CCCCN(C(=O)c2oc3ccccc3c2C)C(c2ccccc2)CC(=O)NCCC1. The molecule has 2 aromatic carbocycles. The first-order valence-electron chi connectivity index (χ1n) is 12.4. The van der Waals surface area contributed by atoms with Gasteiger partial charge in [0, 0.05) is 24.0 Å². The average Bonchev–Trinajstić information content (AvgIpc) is 3.21. The van der Waals surface area contributed by atoms with E-state index in [4.69, 9.17) is 4.42 Å².